The Morgan fingerprint density at radius 2 is 1.88 bits per heavy atom. The number of carbonyl (C=O) groups excluding carboxylic acids is 1. The topological polar surface area (TPSA) is 29.5 Å². The molecule has 5 heteroatoms. The van der Waals surface area contributed by atoms with Crippen LogP contribution in [0.1, 0.15) is 28.8 Å². The molecule has 2 aromatic carbocycles. The van der Waals surface area contributed by atoms with Gasteiger partial charge in [-0.05, 0) is 63.2 Å². The molecule has 1 atom stereocenters. The summed E-state index contributed by atoms with van der Waals surface area (Å²) in [5, 5.41) is 0. The van der Waals surface area contributed by atoms with Gasteiger partial charge >= 0.3 is 0 Å². The molecule has 1 unspecified atom stereocenters. The fourth-order valence-corrected chi connectivity index (χ4v) is 5.32. The van der Waals surface area contributed by atoms with Crippen LogP contribution < -0.4 is 4.74 Å². The van der Waals surface area contributed by atoms with Crippen LogP contribution in [0.3, 0.4) is 0 Å². The third-order valence-electron chi connectivity index (χ3n) is 5.07. The van der Waals surface area contributed by atoms with E-state index in [1.54, 1.807) is 11.8 Å². The van der Waals surface area contributed by atoms with Crippen molar-refractivity contribution in [2.75, 3.05) is 26.2 Å². The summed E-state index contributed by atoms with van der Waals surface area (Å²) >= 11 is 5.15. The van der Waals surface area contributed by atoms with Gasteiger partial charge < -0.3 is 9.64 Å². The largest absolute Gasteiger partial charge is 0.491 e. The van der Waals surface area contributed by atoms with Gasteiger partial charge in [0.25, 0.3) is 0 Å². The number of halogens is 1. The van der Waals surface area contributed by atoms with Crippen LogP contribution in [0.4, 0.5) is 0 Å². The lowest BCUT2D eigenvalue weighted by molar-refractivity contribution is 0.0832. The first kappa shape index (κ1) is 18.1. The number of rotatable bonds is 4. The van der Waals surface area contributed by atoms with Gasteiger partial charge in [-0.25, -0.2) is 0 Å². The Balaban J connectivity index is 1.70. The Morgan fingerprint density at radius 3 is 2.62 bits per heavy atom. The van der Waals surface area contributed by atoms with Crippen LogP contribution in [-0.4, -0.2) is 41.7 Å². The SMILES string of the molecule is Cc1ccc(SC2(CN3CCCC3)COc3ccc(Br)cc3C2=O)cc1. The molecular formula is C21H22BrNO2S. The van der Waals surface area contributed by atoms with Crippen molar-refractivity contribution in [2.45, 2.75) is 29.4 Å². The van der Waals surface area contributed by atoms with Gasteiger partial charge in [-0.15, -0.1) is 11.8 Å². The molecule has 0 aliphatic carbocycles. The standard InChI is InChI=1S/C21H22BrNO2S/c1-15-4-7-17(8-5-15)26-21(13-23-10-2-3-11-23)14-25-19-9-6-16(22)12-18(19)20(21)24/h4-9,12H,2-3,10-11,13-14H2,1H3. The number of ketones is 1. The molecule has 26 heavy (non-hydrogen) atoms. The number of Topliss-reactive ketones (excluding diaryl/α,β-unsaturated/α-hetero) is 1. The highest BCUT2D eigenvalue weighted by molar-refractivity contribution is 9.10. The van der Waals surface area contributed by atoms with E-state index in [2.05, 4.69) is 52.0 Å². The minimum atomic E-state index is -0.604. The highest BCUT2D eigenvalue weighted by atomic mass is 79.9. The van der Waals surface area contributed by atoms with Gasteiger partial charge in [0.1, 0.15) is 17.1 Å². The summed E-state index contributed by atoms with van der Waals surface area (Å²) in [6, 6.07) is 14.1. The van der Waals surface area contributed by atoms with Crippen molar-refractivity contribution in [2.24, 2.45) is 0 Å². The number of nitrogens with zero attached hydrogens (tertiary/aromatic N) is 1. The number of hydrogen-bond acceptors (Lipinski definition) is 4. The Labute approximate surface area is 167 Å². The number of ether oxygens (including phenoxy) is 1. The summed E-state index contributed by atoms with van der Waals surface area (Å²) < 4.78 is 6.39. The van der Waals surface area contributed by atoms with Gasteiger partial charge in [-0.3, -0.25) is 4.79 Å². The summed E-state index contributed by atoms with van der Waals surface area (Å²) in [7, 11) is 0. The maximum Gasteiger partial charge on any atom is 0.187 e. The van der Waals surface area contributed by atoms with Gasteiger partial charge in [0.05, 0.1) is 5.56 Å². The third kappa shape index (κ3) is 3.57. The van der Waals surface area contributed by atoms with Gasteiger partial charge in [0.15, 0.2) is 5.78 Å². The fourth-order valence-electron chi connectivity index (χ4n) is 3.67. The van der Waals surface area contributed by atoms with Crippen molar-refractivity contribution in [1.29, 1.82) is 0 Å². The zero-order valence-electron chi connectivity index (χ0n) is 14.8. The molecule has 1 fully saturated rings. The normalized spacial score (nSPS) is 22.9. The van der Waals surface area contributed by atoms with Crippen LogP contribution in [0.5, 0.6) is 5.75 Å². The van der Waals surface area contributed by atoms with E-state index in [-0.39, 0.29) is 5.78 Å². The van der Waals surface area contributed by atoms with Gasteiger partial charge in [-0.2, -0.15) is 0 Å². The Kier molecular flexibility index (Phi) is 5.13. The quantitative estimate of drug-likeness (QED) is 0.683. The maximum atomic E-state index is 13.6. The van der Waals surface area contributed by atoms with E-state index in [0.29, 0.717) is 17.9 Å². The molecule has 136 valence electrons. The molecule has 0 aromatic heterocycles. The molecule has 0 amide bonds. The molecule has 2 aliphatic heterocycles. The number of aryl methyl sites for hydroxylation is 1. The number of benzene rings is 2. The first-order valence-corrected chi connectivity index (χ1v) is 10.6. The number of carbonyl (C=O) groups is 1. The first-order valence-electron chi connectivity index (χ1n) is 9.01. The molecule has 2 aliphatic rings. The molecule has 0 saturated carbocycles. The molecule has 1 saturated heterocycles. The minimum absolute atomic E-state index is 0.178. The van der Waals surface area contributed by atoms with Crippen molar-refractivity contribution >= 4 is 33.5 Å². The zero-order valence-corrected chi connectivity index (χ0v) is 17.2. The number of fused-ring (bicyclic) bond motifs is 1. The lowest BCUT2D eigenvalue weighted by atomic mass is 9.93. The van der Waals surface area contributed by atoms with Gasteiger partial charge in [0.2, 0.25) is 0 Å². The number of likely N-dealkylation sites (tertiary alicyclic amines) is 1. The molecule has 4 rings (SSSR count). The Hall–Kier alpha value is -1.30. The molecule has 0 radical (unpaired) electrons. The van der Waals surface area contributed by atoms with Crippen LogP contribution in [-0.2, 0) is 0 Å². The van der Waals surface area contributed by atoms with Crippen LogP contribution in [0.2, 0.25) is 0 Å². The lowest BCUT2D eigenvalue weighted by Gasteiger charge is -2.38. The second-order valence-electron chi connectivity index (χ2n) is 7.15. The van der Waals surface area contributed by atoms with Crippen LogP contribution in [0.15, 0.2) is 51.8 Å². The average molecular weight is 432 g/mol. The second kappa shape index (κ2) is 7.37. The van der Waals surface area contributed by atoms with E-state index >= 15 is 0 Å². The van der Waals surface area contributed by atoms with Crippen molar-refractivity contribution in [1.82, 2.24) is 4.90 Å². The predicted octanol–water partition coefficient (Wildman–Crippen LogP) is 4.96. The van der Waals surface area contributed by atoms with Gasteiger partial charge in [-0.1, -0.05) is 33.6 Å². The van der Waals surface area contributed by atoms with Crippen LogP contribution >= 0.6 is 27.7 Å². The fraction of sp³-hybridized carbons (Fsp3) is 0.381. The zero-order chi connectivity index (χ0) is 18.1. The van der Waals surface area contributed by atoms with Crippen molar-refractivity contribution in [3.8, 4) is 5.75 Å². The second-order valence-corrected chi connectivity index (χ2v) is 9.52. The summed E-state index contributed by atoms with van der Waals surface area (Å²) in [4.78, 5) is 17.1. The summed E-state index contributed by atoms with van der Waals surface area (Å²) in [6.45, 7) is 5.35. The summed E-state index contributed by atoms with van der Waals surface area (Å²) in [5.74, 6) is 0.872. The predicted molar refractivity (Wildman–Crippen MR) is 109 cm³/mol. The highest BCUT2D eigenvalue weighted by Gasteiger charge is 2.46. The molecule has 0 N–H and O–H groups in total. The highest BCUT2D eigenvalue weighted by Crippen LogP contribution is 2.43. The average Bonchev–Trinajstić information content (AvgIpc) is 3.14. The summed E-state index contributed by atoms with van der Waals surface area (Å²) in [6.07, 6.45) is 2.42. The van der Waals surface area contributed by atoms with E-state index in [4.69, 9.17) is 4.74 Å². The number of thioether (sulfide) groups is 1. The molecule has 2 aromatic rings. The maximum absolute atomic E-state index is 13.6. The van der Waals surface area contributed by atoms with Crippen LogP contribution in [0.25, 0.3) is 0 Å². The van der Waals surface area contributed by atoms with E-state index in [1.807, 2.05) is 18.2 Å². The Morgan fingerprint density at radius 1 is 1.15 bits per heavy atom. The molecule has 3 nitrogen and oxygen atoms in total. The number of hydrogen-bond donors (Lipinski definition) is 0. The van der Waals surface area contributed by atoms with E-state index in [1.165, 1.54) is 18.4 Å². The smallest absolute Gasteiger partial charge is 0.187 e. The van der Waals surface area contributed by atoms with Crippen molar-refractivity contribution < 1.29 is 9.53 Å². The third-order valence-corrected chi connectivity index (χ3v) is 6.90. The van der Waals surface area contributed by atoms with E-state index in [0.717, 1.165) is 29.0 Å². The van der Waals surface area contributed by atoms with Gasteiger partial charge in [0, 0.05) is 15.9 Å². The van der Waals surface area contributed by atoms with Crippen molar-refractivity contribution in [3.05, 3.63) is 58.1 Å². The minimum Gasteiger partial charge on any atom is -0.491 e. The lowest BCUT2D eigenvalue weighted by Crippen LogP contribution is -2.52. The van der Waals surface area contributed by atoms with Crippen molar-refractivity contribution in [3.63, 3.8) is 0 Å². The molecular weight excluding hydrogens is 410 g/mol. The summed E-state index contributed by atoms with van der Waals surface area (Å²) in [5.41, 5.74) is 1.91. The van der Waals surface area contributed by atoms with Crippen LogP contribution in [0, 0.1) is 6.92 Å². The monoisotopic (exact) mass is 431 g/mol. The molecule has 2 heterocycles. The van der Waals surface area contributed by atoms with E-state index < -0.39 is 4.75 Å². The Bertz CT molecular complexity index is 817. The first-order chi connectivity index (χ1) is 12.6. The molecule has 0 bridgehead atoms. The molecule has 0 spiro atoms. The van der Waals surface area contributed by atoms with E-state index in [9.17, 15) is 4.79 Å².